The van der Waals surface area contributed by atoms with Crippen molar-refractivity contribution >= 4 is 40.5 Å². The summed E-state index contributed by atoms with van der Waals surface area (Å²) < 4.78 is 5.20. The molecule has 2 amide bonds. The summed E-state index contributed by atoms with van der Waals surface area (Å²) in [5.74, 6) is 0.256. The van der Waals surface area contributed by atoms with Crippen LogP contribution in [0.5, 0.6) is 5.75 Å². The topological polar surface area (TPSA) is 79.5 Å². The van der Waals surface area contributed by atoms with Gasteiger partial charge in [-0.3, -0.25) is 9.59 Å². The van der Waals surface area contributed by atoms with Gasteiger partial charge in [0.15, 0.2) is 0 Å². The second-order valence-corrected chi connectivity index (χ2v) is 5.77. The van der Waals surface area contributed by atoms with Crippen LogP contribution in [0.1, 0.15) is 13.3 Å². The molecule has 0 fully saturated rings. The van der Waals surface area contributed by atoms with E-state index in [2.05, 4.69) is 16.0 Å². The summed E-state index contributed by atoms with van der Waals surface area (Å²) in [5.41, 5.74) is 2.05. The Labute approximate surface area is 151 Å². The summed E-state index contributed by atoms with van der Waals surface area (Å²) in [5, 5.41) is 9.15. The van der Waals surface area contributed by atoms with E-state index >= 15 is 0 Å². The number of halogens is 1. The highest BCUT2D eigenvalue weighted by Gasteiger charge is 2.08. The molecule has 0 spiro atoms. The molecule has 0 radical (unpaired) electrons. The monoisotopic (exact) mass is 361 g/mol. The van der Waals surface area contributed by atoms with Gasteiger partial charge in [0.25, 0.3) is 0 Å². The molecule has 0 unspecified atom stereocenters. The number of nitrogens with one attached hydrogen (secondary N) is 3. The SMILES string of the molecule is COc1ccc(Cl)cc1NC(=O)CCNc1cccc(NC(C)=O)c1. The maximum absolute atomic E-state index is 12.1. The molecule has 132 valence electrons. The van der Waals surface area contributed by atoms with E-state index in [0.717, 1.165) is 5.69 Å². The predicted molar refractivity (Wildman–Crippen MR) is 100 cm³/mol. The average molecular weight is 362 g/mol. The van der Waals surface area contributed by atoms with Gasteiger partial charge in [0, 0.05) is 36.3 Å². The first-order valence-corrected chi connectivity index (χ1v) is 8.10. The van der Waals surface area contributed by atoms with Crippen LogP contribution in [-0.2, 0) is 9.59 Å². The van der Waals surface area contributed by atoms with Crippen LogP contribution in [0.3, 0.4) is 0 Å². The number of methoxy groups -OCH3 is 1. The zero-order chi connectivity index (χ0) is 18.2. The van der Waals surface area contributed by atoms with E-state index in [9.17, 15) is 9.59 Å². The lowest BCUT2D eigenvalue weighted by Crippen LogP contribution is -2.16. The fourth-order valence-corrected chi connectivity index (χ4v) is 2.39. The lowest BCUT2D eigenvalue weighted by molar-refractivity contribution is -0.116. The van der Waals surface area contributed by atoms with Gasteiger partial charge >= 0.3 is 0 Å². The Morgan fingerprint density at radius 2 is 1.84 bits per heavy atom. The summed E-state index contributed by atoms with van der Waals surface area (Å²) >= 11 is 5.94. The molecule has 0 saturated heterocycles. The van der Waals surface area contributed by atoms with E-state index in [1.54, 1.807) is 30.3 Å². The van der Waals surface area contributed by atoms with E-state index in [-0.39, 0.29) is 18.2 Å². The number of hydrogen-bond donors (Lipinski definition) is 3. The van der Waals surface area contributed by atoms with Crippen molar-refractivity contribution in [1.82, 2.24) is 0 Å². The Morgan fingerprint density at radius 1 is 1.08 bits per heavy atom. The smallest absolute Gasteiger partial charge is 0.226 e. The molecule has 0 bridgehead atoms. The molecule has 0 aliphatic rings. The minimum atomic E-state index is -0.161. The normalized spacial score (nSPS) is 10.0. The number of hydrogen-bond acceptors (Lipinski definition) is 4. The lowest BCUT2D eigenvalue weighted by Gasteiger charge is -2.11. The first-order valence-electron chi connectivity index (χ1n) is 7.73. The summed E-state index contributed by atoms with van der Waals surface area (Å²) in [6.07, 6.45) is 0.264. The van der Waals surface area contributed by atoms with Crippen LogP contribution < -0.4 is 20.7 Å². The Bertz CT molecular complexity index is 765. The standard InChI is InChI=1S/C18H20ClN3O3/c1-12(23)21-15-5-3-4-14(11-15)20-9-8-18(24)22-16-10-13(19)6-7-17(16)25-2/h3-7,10-11,20H,8-9H2,1-2H3,(H,21,23)(H,22,24). The molecule has 6 nitrogen and oxygen atoms in total. The largest absolute Gasteiger partial charge is 0.495 e. The second kappa shape index (κ2) is 8.94. The maximum atomic E-state index is 12.1. The first-order chi connectivity index (χ1) is 12.0. The van der Waals surface area contributed by atoms with Gasteiger partial charge in [-0.05, 0) is 36.4 Å². The number of benzene rings is 2. The Kier molecular flexibility index (Phi) is 6.65. The molecule has 2 aromatic carbocycles. The first kappa shape index (κ1) is 18.6. The van der Waals surface area contributed by atoms with E-state index in [0.29, 0.717) is 28.7 Å². The molecule has 0 saturated carbocycles. The number of rotatable bonds is 7. The van der Waals surface area contributed by atoms with E-state index < -0.39 is 0 Å². The van der Waals surface area contributed by atoms with Crippen molar-refractivity contribution in [2.45, 2.75) is 13.3 Å². The van der Waals surface area contributed by atoms with Crippen LogP contribution in [0.25, 0.3) is 0 Å². The summed E-state index contributed by atoms with van der Waals surface area (Å²) in [6, 6.07) is 12.3. The van der Waals surface area contributed by atoms with Crippen molar-refractivity contribution in [1.29, 1.82) is 0 Å². The molecular formula is C18H20ClN3O3. The third-order valence-electron chi connectivity index (χ3n) is 3.30. The van der Waals surface area contributed by atoms with Gasteiger partial charge in [-0.25, -0.2) is 0 Å². The van der Waals surface area contributed by atoms with Gasteiger partial charge in [-0.15, -0.1) is 0 Å². The van der Waals surface area contributed by atoms with Gasteiger partial charge < -0.3 is 20.7 Å². The van der Waals surface area contributed by atoms with Crippen LogP contribution >= 0.6 is 11.6 Å². The van der Waals surface area contributed by atoms with Crippen molar-refractivity contribution in [3.8, 4) is 5.75 Å². The molecule has 0 aliphatic heterocycles. The van der Waals surface area contributed by atoms with Gasteiger partial charge in [0.05, 0.1) is 12.8 Å². The molecule has 0 atom stereocenters. The fourth-order valence-electron chi connectivity index (χ4n) is 2.22. The molecule has 0 aliphatic carbocycles. The van der Waals surface area contributed by atoms with Crippen molar-refractivity contribution in [3.05, 3.63) is 47.5 Å². The minimum Gasteiger partial charge on any atom is -0.495 e. The molecule has 25 heavy (non-hydrogen) atoms. The fraction of sp³-hybridized carbons (Fsp3) is 0.222. The summed E-state index contributed by atoms with van der Waals surface area (Å²) in [6.45, 7) is 1.90. The number of carbonyl (C=O) groups excluding carboxylic acids is 2. The Balaban J connectivity index is 1.87. The van der Waals surface area contributed by atoms with Gasteiger partial charge in [-0.2, -0.15) is 0 Å². The van der Waals surface area contributed by atoms with Crippen LogP contribution in [0, 0.1) is 0 Å². The van der Waals surface area contributed by atoms with Crippen molar-refractivity contribution < 1.29 is 14.3 Å². The zero-order valence-electron chi connectivity index (χ0n) is 14.1. The molecule has 2 aromatic rings. The summed E-state index contributed by atoms with van der Waals surface area (Å²) in [4.78, 5) is 23.2. The number of carbonyl (C=O) groups is 2. The lowest BCUT2D eigenvalue weighted by atomic mass is 10.2. The van der Waals surface area contributed by atoms with E-state index in [1.165, 1.54) is 14.0 Å². The highest BCUT2D eigenvalue weighted by Crippen LogP contribution is 2.27. The molecule has 0 aromatic heterocycles. The van der Waals surface area contributed by atoms with Crippen LogP contribution in [0.15, 0.2) is 42.5 Å². The Morgan fingerprint density at radius 3 is 2.56 bits per heavy atom. The van der Waals surface area contributed by atoms with Crippen LogP contribution in [-0.4, -0.2) is 25.5 Å². The minimum absolute atomic E-state index is 0.132. The number of ether oxygens (including phenoxy) is 1. The van der Waals surface area contributed by atoms with E-state index in [1.807, 2.05) is 12.1 Å². The molecule has 7 heteroatoms. The van der Waals surface area contributed by atoms with Gasteiger partial charge in [0.1, 0.15) is 5.75 Å². The van der Waals surface area contributed by atoms with Gasteiger partial charge in [-0.1, -0.05) is 17.7 Å². The molecule has 3 N–H and O–H groups in total. The van der Waals surface area contributed by atoms with Crippen LogP contribution in [0.2, 0.25) is 5.02 Å². The molecule has 0 heterocycles. The second-order valence-electron chi connectivity index (χ2n) is 5.33. The quantitative estimate of drug-likeness (QED) is 0.701. The third kappa shape index (κ3) is 6.00. The highest BCUT2D eigenvalue weighted by molar-refractivity contribution is 6.31. The number of anilines is 3. The Hall–Kier alpha value is -2.73. The molecule has 2 rings (SSSR count). The average Bonchev–Trinajstić information content (AvgIpc) is 2.55. The summed E-state index contributed by atoms with van der Waals surface area (Å²) in [7, 11) is 1.53. The highest BCUT2D eigenvalue weighted by atomic mass is 35.5. The van der Waals surface area contributed by atoms with Crippen LogP contribution in [0.4, 0.5) is 17.1 Å². The zero-order valence-corrected chi connectivity index (χ0v) is 14.8. The number of amides is 2. The van der Waals surface area contributed by atoms with Crippen molar-refractivity contribution in [2.75, 3.05) is 29.6 Å². The molecular weight excluding hydrogens is 342 g/mol. The van der Waals surface area contributed by atoms with Crippen molar-refractivity contribution in [3.63, 3.8) is 0 Å². The predicted octanol–water partition coefficient (Wildman–Crippen LogP) is 3.75. The van der Waals surface area contributed by atoms with Crippen molar-refractivity contribution in [2.24, 2.45) is 0 Å². The van der Waals surface area contributed by atoms with E-state index in [4.69, 9.17) is 16.3 Å². The third-order valence-corrected chi connectivity index (χ3v) is 3.53. The van der Waals surface area contributed by atoms with Gasteiger partial charge in [0.2, 0.25) is 11.8 Å². The maximum Gasteiger partial charge on any atom is 0.226 e.